The van der Waals surface area contributed by atoms with E-state index in [-0.39, 0.29) is 22.0 Å². The first-order valence-electron chi connectivity index (χ1n) is 7.20. The third-order valence-corrected chi connectivity index (χ3v) is 3.64. The van der Waals surface area contributed by atoms with Gasteiger partial charge in [0.15, 0.2) is 6.10 Å². The fraction of sp³-hybridized carbons (Fsp3) is 0.125. The van der Waals surface area contributed by atoms with Crippen LogP contribution in [0.25, 0.3) is 0 Å². The van der Waals surface area contributed by atoms with Gasteiger partial charge in [-0.25, -0.2) is 4.79 Å². The van der Waals surface area contributed by atoms with Gasteiger partial charge < -0.3 is 15.8 Å². The number of hydrogen-bond acceptors (Lipinski definition) is 6. The van der Waals surface area contributed by atoms with E-state index in [2.05, 4.69) is 5.32 Å². The van der Waals surface area contributed by atoms with E-state index in [4.69, 9.17) is 22.1 Å². The van der Waals surface area contributed by atoms with E-state index in [9.17, 15) is 24.1 Å². The van der Waals surface area contributed by atoms with Crippen LogP contribution in [0, 0.1) is 15.9 Å². The van der Waals surface area contributed by atoms with Gasteiger partial charge in [-0.15, -0.1) is 0 Å². The molecule has 0 aliphatic rings. The molecule has 0 radical (unpaired) electrons. The Bertz CT molecular complexity index is 890. The quantitative estimate of drug-likeness (QED) is 0.355. The van der Waals surface area contributed by atoms with Gasteiger partial charge in [0, 0.05) is 11.8 Å². The second kappa shape index (κ2) is 7.79. The van der Waals surface area contributed by atoms with Gasteiger partial charge in [0.2, 0.25) is 5.82 Å². The summed E-state index contributed by atoms with van der Waals surface area (Å²) in [4.78, 5) is 33.9. The highest BCUT2D eigenvalue weighted by Gasteiger charge is 2.21. The number of amides is 1. The SMILES string of the molecule is C[C@H](OC(=O)c1ccc(Cl)c(N)c1)C(=O)Nc1ccc(F)c([N+](=O)[O-])c1. The van der Waals surface area contributed by atoms with Crippen LogP contribution < -0.4 is 11.1 Å². The van der Waals surface area contributed by atoms with Crippen molar-refractivity contribution < 1.29 is 23.6 Å². The molecule has 0 bridgehead atoms. The molecule has 0 spiro atoms. The van der Waals surface area contributed by atoms with Gasteiger partial charge in [-0.2, -0.15) is 4.39 Å². The van der Waals surface area contributed by atoms with Crippen molar-refractivity contribution in [3.8, 4) is 0 Å². The van der Waals surface area contributed by atoms with Crippen LogP contribution in [0.2, 0.25) is 5.02 Å². The highest BCUT2D eigenvalue weighted by atomic mass is 35.5. The number of nitrogen functional groups attached to an aromatic ring is 1. The number of nitrogens with zero attached hydrogens (tertiary/aromatic N) is 1. The van der Waals surface area contributed by atoms with Gasteiger partial charge in [-0.05, 0) is 37.3 Å². The third-order valence-electron chi connectivity index (χ3n) is 3.30. The van der Waals surface area contributed by atoms with Crippen molar-refractivity contribution >= 4 is 40.5 Å². The number of nitro benzene ring substituents is 1. The van der Waals surface area contributed by atoms with E-state index < -0.39 is 34.4 Å². The van der Waals surface area contributed by atoms with Crippen molar-refractivity contribution in [3.63, 3.8) is 0 Å². The molecule has 2 aromatic carbocycles. The van der Waals surface area contributed by atoms with Gasteiger partial charge in [0.05, 0.1) is 21.2 Å². The van der Waals surface area contributed by atoms with Crippen LogP contribution >= 0.6 is 11.6 Å². The lowest BCUT2D eigenvalue weighted by molar-refractivity contribution is -0.387. The second-order valence-electron chi connectivity index (χ2n) is 5.20. The number of rotatable bonds is 5. The van der Waals surface area contributed by atoms with Crippen molar-refractivity contribution in [3.05, 3.63) is 62.9 Å². The van der Waals surface area contributed by atoms with Crippen LogP contribution in [0.15, 0.2) is 36.4 Å². The Morgan fingerprint density at radius 1 is 1.31 bits per heavy atom. The Balaban J connectivity index is 2.05. The number of anilines is 2. The number of halogens is 2. The molecule has 1 amide bonds. The first-order valence-corrected chi connectivity index (χ1v) is 7.57. The molecule has 0 saturated carbocycles. The minimum absolute atomic E-state index is 0.0123. The lowest BCUT2D eigenvalue weighted by Gasteiger charge is -2.14. The number of benzene rings is 2. The summed E-state index contributed by atoms with van der Waals surface area (Å²) in [6.07, 6.45) is -1.22. The van der Waals surface area contributed by atoms with Gasteiger partial charge in [0.1, 0.15) is 0 Å². The largest absolute Gasteiger partial charge is 0.449 e. The summed E-state index contributed by atoms with van der Waals surface area (Å²) in [5, 5.41) is 13.3. The number of nitrogens with one attached hydrogen (secondary N) is 1. The molecule has 0 aliphatic carbocycles. The number of esters is 1. The van der Waals surface area contributed by atoms with Crippen LogP contribution in [0.5, 0.6) is 0 Å². The van der Waals surface area contributed by atoms with Crippen LogP contribution in [0.3, 0.4) is 0 Å². The average molecular weight is 382 g/mol. The molecular weight excluding hydrogens is 369 g/mol. The number of nitrogens with two attached hydrogens (primary N) is 1. The van der Waals surface area contributed by atoms with E-state index in [0.29, 0.717) is 0 Å². The Kier molecular flexibility index (Phi) is 5.73. The first-order chi connectivity index (χ1) is 12.2. The molecule has 0 heterocycles. The maximum Gasteiger partial charge on any atom is 0.338 e. The number of carbonyl (C=O) groups is 2. The molecule has 0 unspecified atom stereocenters. The Labute approximate surface area is 151 Å². The summed E-state index contributed by atoms with van der Waals surface area (Å²) in [6.45, 7) is 1.31. The van der Waals surface area contributed by atoms with E-state index in [1.165, 1.54) is 25.1 Å². The van der Waals surface area contributed by atoms with Gasteiger partial charge in [-0.1, -0.05) is 11.6 Å². The number of hydrogen-bond donors (Lipinski definition) is 2. The topological polar surface area (TPSA) is 125 Å². The fourth-order valence-corrected chi connectivity index (χ4v) is 2.04. The molecule has 3 N–H and O–H groups in total. The summed E-state index contributed by atoms with van der Waals surface area (Å²) in [5.41, 5.74) is 5.08. The lowest BCUT2D eigenvalue weighted by atomic mass is 10.2. The Hall–Kier alpha value is -3.20. The fourth-order valence-electron chi connectivity index (χ4n) is 1.93. The minimum Gasteiger partial charge on any atom is -0.449 e. The van der Waals surface area contributed by atoms with Crippen LogP contribution in [-0.2, 0) is 9.53 Å². The third kappa shape index (κ3) is 4.45. The normalized spacial score (nSPS) is 11.5. The zero-order valence-corrected chi connectivity index (χ0v) is 14.1. The standard InChI is InChI=1S/C16H13ClFN3O5/c1-8(26-16(23)9-2-4-11(17)13(19)6-9)15(22)20-10-3-5-12(18)14(7-10)21(24)25/h2-8H,19H2,1H3,(H,20,22)/t8-/m0/s1. The summed E-state index contributed by atoms with van der Waals surface area (Å²) < 4.78 is 18.3. The maximum absolute atomic E-state index is 13.3. The molecule has 0 fully saturated rings. The molecule has 2 aromatic rings. The maximum atomic E-state index is 13.3. The van der Waals surface area contributed by atoms with E-state index >= 15 is 0 Å². The molecule has 136 valence electrons. The lowest BCUT2D eigenvalue weighted by Crippen LogP contribution is -2.30. The molecular formula is C16H13ClFN3O5. The Morgan fingerprint density at radius 2 is 2.00 bits per heavy atom. The zero-order valence-electron chi connectivity index (χ0n) is 13.4. The number of nitro groups is 1. The summed E-state index contributed by atoms with van der Waals surface area (Å²) in [5.74, 6) is -2.59. The molecule has 0 aliphatic heterocycles. The summed E-state index contributed by atoms with van der Waals surface area (Å²) >= 11 is 5.76. The zero-order chi connectivity index (χ0) is 19.4. The van der Waals surface area contributed by atoms with Gasteiger partial charge >= 0.3 is 11.7 Å². The van der Waals surface area contributed by atoms with Crippen molar-refractivity contribution in [2.45, 2.75) is 13.0 Å². The molecule has 1 atom stereocenters. The number of carbonyl (C=O) groups excluding carboxylic acids is 2. The van der Waals surface area contributed by atoms with E-state index in [1.54, 1.807) is 0 Å². The number of ether oxygens (including phenoxy) is 1. The molecule has 8 nitrogen and oxygen atoms in total. The minimum atomic E-state index is -1.22. The molecule has 10 heteroatoms. The predicted octanol–water partition coefficient (Wildman–Crippen LogP) is 3.15. The highest BCUT2D eigenvalue weighted by molar-refractivity contribution is 6.33. The molecule has 2 rings (SSSR count). The first kappa shape index (κ1) is 19.1. The summed E-state index contributed by atoms with van der Waals surface area (Å²) in [6, 6.07) is 6.96. The van der Waals surface area contributed by atoms with Gasteiger partial charge in [0.25, 0.3) is 5.91 Å². The van der Waals surface area contributed by atoms with Crippen molar-refractivity contribution in [2.75, 3.05) is 11.1 Å². The second-order valence-corrected chi connectivity index (χ2v) is 5.60. The highest BCUT2D eigenvalue weighted by Crippen LogP contribution is 2.22. The molecule has 0 saturated heterocycles. The van der Waals surface area contributed by atoms with Crippen LogP contribution in [0.4, 0.5) is 21.5 Å². The molecule has 26 heavy (non-hydrogen) atoms. The summed E-state index contributed by atoms with van der Waals surface area (Å²) in [7, 11) is 0. The van der Waals surface area contributed by atoms with E-state index in [1.807, 2.05) is 0 Å². The van der Waals surface area contributed by atoms with E-state index in [0.717, 1.165) is 18.2 Å². The van der Waals surface area contributed by atoms with Crippen molar-refractivity contribution in [1.82, 2.24) is 0 Å². The van der Waals surface area contributed by atoms with Gasteiger partial charge in [-0.3, -0.25) is 14.9 Å². The predicted molar refractivity (Wildman–Crippen MR) is 92.4 cm³/mol. The van der Waals surface area contributed by atoms with Crippen molar-refractivity contribution in [2.24, 2.45) is 0 Å². The average Bonchev–Trinajstić information content (AvgIpc) is 2.58. The molecule has 0 aromatic heterocycles. The Morgan fingerprint density at radius 3 is 2.62 bits per heavy atom. The van der Waals surface area contributed by atoms with Crippen molar-refractivity contribution in [1.29, 1.82) is 0 Å². The van der Waals surface area contributed by atoms with Crippen LogP contribution in [-0.4, -0.2) is 22.9 Å². The van der Waals surface area contributed by atoms with Crippen LogP contribution in [0.1, 0.15) is 17.3 Å². The monoisotopic (exact) mass is 381 g/mol. The smallest absolute Gasteiger partial charge is 0.338 e.